The van der Waals surface area contributed by atoms with Crippen LogP contribution in [0.3, 0.4) is 0 Å². The summed E-state index contributed by atoms with van der Waals surface area (Å²) < 4.78 is 0. The van der Waals surface area contributed by atoms with Gasteiger partial charge in [0, 0.05) is 0 Å². The van der Waals surface area contributed by atoms with Crippen molar-refractivity contribution in [2.45, 2.75) is 44.9 Å². The van der Waals surface area contributed by atoms with Crippen molar-refractivity contribution in [3.8, 4) is 0 Å². The van der Waals surface area contributed by atoms with Gasteiger partial charge >= 0.3 is 0 Å². The highest BCUT2D eigenvalue weighted by atomic mass is 14.6. The number of hydrogen-bond donors (Lipinski definition) is 0. The van der Waals surface area contributed by atoms with E-state index in [1.165, 1.54) is 44.9 Å². The van der Waals surface area contributed by atoms with Crippen LogP contribution >= 0.6 is 0 Å². The number of rotatable bonds is 3. The lowest BCUT2D eigenvalue weighted by atomic mass is 9.52. The summed E-state index contributed by atoms with van der Waals surface area (Å²) >= 11 is 0. The lowest BCUT2D eigenvalue weighted by molar-refractivity contribution is 0.0503. The molecule has 0 radical (unpaired) electrons. The number of hydrogen-bond acceptors (Lipinski definition) is 0. The molecule has 0 aromatic heterocycles. The van der Waals surface area contributed by atoms with Gasteiger partial charge in [0.2, 0.25) is 0 Å². The third kappa shape index (κ3) is 1.04. The third-order valence-corrected chi connectivity index (χ3v) is 4.51. The maximum atomic E-state index is 4.06. The fourth-order valence-corrected chi connectivity index (χ4v) is 3.37. The molecule has 0 N–H and O–H groups in total. The van der Waals surface area contributed by atoms with E-state index in [2.05, 4.69) is 25.3 Å². The van der Waals surface area contributed by atoms with Crippen LogP contribution < -0.4 is 0 Å². The molecule has 2 aliphatic rings. The monoisotopic (exact) mass is 176 g/mol. The zero-order valence-electron chi connectivity index (χ0n) is 8.52. The van der Waals surface area contributed by atoms with E-state index in [1.807, 2.05) is 0 Å². The van der Waals surface area contributed by atoms with Crippen molar-refractivity contribution in [1.82, 2.24) is 0 Å². The maximum absolute atomic E-state index is 4.06. The smallest absolute Gasteiger partial charge is 0.00301 e. The highest BCUT2D eigenvalue weighted by Crippen LogP contribution is 2.62. The summed E-state index contributed by atoms with van der Waals surface area (Å²) in [5, 5.41) is 0. The van der Waals surface area contributed by atoms with E-state index in [0.29, 0.717) is 10.8 Å². The normalized spacial score (nSPS) is 29.2. The van der Waals surface area contributed by atoms with Crippen molar-refractivity contribution in [2.24, 2.45) is 10.8 Å². The largest absolute Gasteiger partial charge is 0.102 e. The second-order valence-electron chi connectivity index (χ2n) is 4.78. The third-order valence-electron chi connectivity index (χ3n) is 4.51. The minimum Gasteiger partial charge on any atom is -0.102 e. The first-order valence-corrected chi connectivity index (χ1v) is 5.56. The molecule has 0 bridgehead atoms. The summed E-state index contributed by atoms with van der Waals surface area (Å²) in [6.45, 7) is 8.11. The van der Waals surface area contributed by atoms with Gasteiger partial charge in [0.1, 0.15) is 0 Å². The zero-order valence-corrected chi connectivity index (χ0v) is 8.52. The quantitative estimate of drug-likeness (QED) is 0.568. The second kappa shape index (κ2) is 3.01. The van der Waals surface area contributed by atoms with E-state index < -0.39 is 0 Å². The van der Waals surface area contributed by atoms with Gasteiger partial charge < -0.3 is 0 Å². The molecule has 13 heavy (non-hydrogen) atoms. The van der Waals surface area contributed by atoms with Crippen LogP contribution in [0.15, 0.2) is 25.3 Å². The van der Waals surface area contributed by atoms with Crippen LogP contribution in [0.2, 0.25) is 0 Å². The fraction of sp³-hybridized carbons (Fsp3) is 0.692. The standard InChI is InChI=1S/C13H20/c1-3-12(8-5-6-9-12)13(4-2)10-7-11-13/h3-4H,1-2,5-11H2. The average molecular weight is 176 g/mol. The Morgan fingerprint density at radius 3 is 1.31 bits per heavy atom. The topological polar surface area (TPSA) is 0 Å². The summed E-state index contributed by atoms with van der Waals surface area (Å²) in [4.78, 5) is 0. The van der Waals surface area contributed by atoms with Crippen LogP contribution in [-0.4, -0.2) is 0 Å². The first kappa shape index (κ1) is 9.05. The molecule has 0 atom stereocenters. The van der Waals surface area contributed by atoms with E-state index in [-0.39, 0.29) is 0 Å². The Kier molecular flexibility index (Phi) is 2.09. The highest BCUT2D eigenvalue weighted by Gasteiger charge is 2.51. The molecule has 0 heteroatoms. The molecule has 2 saturated carbocycles. The lowest BCUT2D eigenvalue weighted by Gasteiger charge is -2.52. The number of allylic oxidation sites excluding steroid dienone is 2. The van der Waals surface area contributed by atoms with Crippen LogP contribution in [-0.2, 0) is 0 Å². The molecule has 0 saturated heterocycles. The molecule has 0 spiro atoms. The zero-order chi connectivity index (χ0) is 9.36. The van der Waals surface area contributed by atoms with Gasteiger partial charge in [0.15, 0.2) is 0 Å². The fourth-order valence-electron chi connectivity index (χ4n) is 3.37. The Bertz CT molecular complexity index is 214. The van der Waals surface area contributed by atoms with E-state index in [0.717, 1.165) is 0 Å². The first-order chi connectivity index (χ1) is 6.29. The van der Waals surface area contributed by atoms with Crippen molar-refractivity contribution < 1.29 is 0 Å². The molecular formula is C13H20. The Balaban J connectivity index is 2.28. The van der Waals surface area contributed by atoms with Gasteiger partial charge in [-0.05, 0) is 36.5 Å². The van der Waals surface area contributed by atoms with Gasteiger partial charge in [-0.1, -0.05) is 31.4 Å². The molecule has 0 unspecified atom stereocenters. The lowest BCUT2D eigenvalue weighted by Crippen LogP contribution is -2.42. The summed E-state index contributed by atoms with van der Waals surface area (Å²) in [5.74, 6) is 0. The van der Waals surface area contributed by atoms with Crippen molar-refractivity contribution in [2.75, 3.05) is 0 Å². The predicted molar refractivity (Wildman–Crippen MR) is 57.6 cm³/mol. The van der Waals surface area contributed by atoms with E-state index in [1.54, 1.807) is 0 Å². The Morgan fingerprint density at radius 2 is 1.08 bits per heavy atom. The minimum absolute atomic E-state index is 0.424. The molecule has 2 rings (SSSR count). The van der Waals surface area contributed by atoms with Gasteiger partial charge in [-0.25, -0.2) is 0 Å². The van der Waals surface area contributed by atoms with E-state index in [4.69, 9.17) is 0 Å². The highest BCUT2D eigenvalue weighted by molar-refractivity contribution is 5.18. The van der Waals surface area contributed by atoms with Crippen molar-refractivity contribution in [1.29, 1.82) is 0 Å². The molecule has 0 aromatic carbocycles. The molecule has 0 amide bonds. The first-order valence-electron chi connectivity index (χ1n) is 5.56. The van der Waals surface area contributed by atoms with Gasteiger partial charge in [-0.2, -0.15) is 0 Å². The van der Waals surface area contributed by atoms with Crippen LogP contribution in [0.1, 0.15) is 44.9 Å². The molecular weight excluding hydrogens is 156 g/mol. The minimum atomic E-state index is 0.424. The summed E-state index contributed by atoms with van der Waals surface area (Å²) in [6.07, 6.45) is 14.0. The Labute approximate surface area is 81.7 Å². The van der Waals surface area contributed by atoms with Gasteiger partial charge in [-0.15, -0.1) is 13.2 Å². The average Bonchev–Trinajstić information content (AvgIpc) is 2.53. The van der Waals surface area contributed by atoms with Crippen LogP contribution in [0.5, 0.6) is 0 Å². The van der Waals surface area contributed by atoms with Crippen molar-refractivity contribution >= 4 is 0 Å². The van der Waals surface area contributed by atoms with E-state index in [9.17, 15) is 0 Å². The summed E-state index contributed by atoms with van der Waals surface area (Å²) in [5.41, 5.74) is 0.859. The van der Waals surface area contributed by atoms with Gasteiger partial charge in [0.25, 0.3) is 0 Å². The SMILES string of the molecule is C=CC1(C2(C=C)CCC2)CCCC1. The summed E-state index contributed by atoms with van der Waals surface area (Å²) in [6, 6.07) is 0. The molecule has 0 heterocycles. The maximum Gasteiger partial charge on any atom is -0.00301 e. The van der Waals surface area contributed by atoms with Gasteiger partial charge in [-0.3, -0.25) is 0 Å². The van der Waals surface area contributed by atoms with Crippen LogP contribution in [0, 0.1) is 10.8 Å². The van der Waals surface area contributed by atoms with Crippen molar-refractivity contribution in [3.63, 3.8) is 0 Å². The molecule has 2 fully saturated rings. The van der Waals surface area contributed by atoms with E-state index >= 15 is 0 Å². The van der Waals surface area contributed by atoms with Crippen LogP contribution in [0.25, 0.3) is 0 Å². The van der Waals surface area contributed by atoms with Gasteiger partial charge in [0.05, 0.1) is 0 Å². The Hall–Kier alpha value is -0.520. The predicted octanol–water partition coefficient (Wildman–Crippen LogP) is 4.09. The molecule has 0 nitrogen and oxygen atoms in total. The molecule has 0 aromatic rings. The van der Waals surface area contributed by atoms with Crippen molar-refractivity contribution in [3.05, 3.63) is 25.3 Å². The summed E-state index contributed by atoms with van der Waals surface area (Å²) in [7, 11) is 0. The second-order valence-corrected chi connectivity index (χ2v) is 4.78. The molecule has 2 aliphatic carbocycles. The van der Waals surface area contributed by atoms with Crippen LogP contribution in [0.4, 0.5) is 0 Å². The Morgan fingerprint density at radius 1 is 0.692 bits per heavy atom. The molecule has 72 valence electrons. The molecule has 0 aliphatic heterocycles.